The van der Waals surface area contributed by atoms with Gasteiger partial charge >= 0.3 is 5.97 Å². The number of rotatable bonds is 7. The van der Waals surface area contributed by atoms with Crippen LogP contribution in [0.3, 0.4) is 0 Å². The Morgan fingerprint density at radius 1 is 0.833 bits per heavy atom. The first kappa shape index (κ1) is 21.3. The first-order valence-electron chi connectivity index (χ1n) is 9.31. The standard InChI is InChI=1S/C24H20ClNO4/c1-30-24(29)21(26-23(28)19-11-13-20(25)14-12-19)15-16-7-9-18(10-8-16)22(27)17-5-3-2-4-6-17/h2-14,21H,15H2,1H3,(H,26,28)/t21-/m0/s1. The first-order valence-corrected chi connectivity index (χ1v) is 9.68. The van der Waals surface area contributed by atoms with Crippen molar-refractivity contribution >= 4 is 29.3 Å². The number of hydrogen-bond donors (Lipinski definition) is 1. The van der Waals surface area contributed by atoms with Gasteiger partial charge in [0.25, 0.3) is 5.91 Å². The molecule has 5 nitrogen and oxygen atoms in total. The summed E-state index contributed by atoms with van der Waals surface area (Å²) < 4.78 is 4.83. The summed E-state index contributed by atoms with van der Waals surface area (Å²) in [6.45, 7) is 0. The summed E-state index contributed by atoms with van der Waals surface area (Å²) in [5.74, 6) is -1.04. The molecule has 3 aromatic carbocycles. The maximum atomic E-state index is 12.5. The minimum Gasteiger partial charge on any atom is -0.467 e. The monoisotopic (exact) mass is 421 g/mol. The van der Waals surface area contributed by atoms with E-state index in [0.29, 0.717) is 21.7 Å². The van der Waals surface area contributed by atoms with Crippen LogP contribution >= 0.6 is 11.6 Å². The Hall–Kier alpha value is -3.44. The molecule has 0 aromatic heterocycles. The molecular weight excluding hydrogens is 402 g/mol. The maximum Gasteiger partial charge on any atom is 0.328 e. The van der Waals surface area contributed by atoms with E-state index in [0.717, 1.165) is 5.56 Å². The number of carbonyl (C=O) groups is 3. The summed E-state index contributed by atoms with van der Waals surface area (Å²) in [6.07, 6.45) is 0.228. The van der Waals surface area contributed by atoms with Crippen LogP contribution in [0.15, 0.2) is 78.9 Å². The lowest BCUT2D eigenvalue weighted by molar-refractivity contribution is -0.142. The zero-order chi connectivity index (χ0) is 21.5. The fraction of sp³-hybridized carbons (Fsp3) is 0.125. The molecule has 1 N–H and O–H groups in total. The molecule has 0 spiro atoms. The van der Waals surface area contributed by atoms with E-state index in [9.17, 15) is 14.4 Å². The molecular formula is C24H20ClNO4. The van der Waals surface area contributed by atoms with E-state index >= 15 is 0 Å². The van der Waals surface area contributed by atoms with Crippen LogP contribution in [0, 0.1) is 0 Å². The lowest BCUT2D eigenvalue weighted by atomic mass is 9.99. The van der Waals surface area contributed by atoms with Gasteiger partial charge in [0.2, 0.25) is 0 Å². The zero-order valence-electron chi connectivity index (χ0n) is 16.3. The predicted octanol–water partition coefficient (Wildman–Crippen LogP) is 4.09. The molecule has 0 saturated heterocycles. The van der Waals surface area contributed by atoms with Gasteiger partial charge in [-0.1, -0.05) is 66.2 Å². The summed E-state index contributed by atoms with van der Waals surface area (Å²) in [6, 6.07) is 21.4. The highest BCUT2D eigenvalue weighted by atomic mass is 35.5. The van der Waals surface area contributed by atoms with Crippen molar-refractivity contribution in [1.82, 2.24) is 5.32 Å². The first-order chi connectivity index (χ1) is 14.5. The van der Waals surface area contributed by atoms with Crippen LogP contribution in [0.4, 0.5) is 0 Å². The third kappa shape index (κ3) is 5.33. The molecule has 30 heavy (non-hydrogen) atoms. The maximum absolute atomic E-state index is 12.5. The van der Waals surface area contributed by atoms with Gasteiger partial charge < -0.3 is 10.1 Å². The number of amides is 1. The van der Waals surface area contributed by atoms with Crippen molar-refractivity contribution in [2.45, 2.75) is 12.5 Å². The molecule has 0 aliphatic heterocycles. The van der Waals surface area contributed by atoms with E-state index in [4.69, 9.17) is 16.3 Å². The van der Waals surface area contributed by atoms with Gasteiger partial charge in [0.15, 0.2) is 5.78 Å². The van der Waals surface area contributed by atoms with Gasteiger partial charge in [-0.3, -0.25) is 9.59 Å². The average molecular weight is 422 g/mol. The van der Waals surface area contributed by atoms with Gasteiger partial charge in [-0.05, 0) is 29.8 Å². The summed E-state index contributed by atoms with van der Waals surface area (Å²) in [5, 5.41) is 3.21. The van der Waals surface area contributed by atoms with Crippen LogP contribution < -0.4 is 5.32 Å². The van der Waals surface area contributed by atoms with Gasteiger partial charge in [0.05, 0.1) is 7.11 Å². The number of nitrogens with one attached hydrogen (secondary N) is 1. The molecule has 0 aliphatic carbocycles. The number of hydrogen-bond acceptors (Lipinski definition) is 4. The van der Waals surface area contributed by atoms with E-state index < -0.39 is 17.9 Å². The van der Waals surface area contributed by atoms with Crippen LogP contribution in [-0.4, -0.2) is 30.8 Å². The van der Waals surface area contributed by atoms with Gasteiger partial charge in [0, 0.05) is 28.1 Å². The number of halogens is 1. The number of carbonyl (C=O) groups excluding carboxylic acids is 3. The molecule has 1 amide bonds. The Bertz CT molecular complexity index is 1030. The van der Waals surface area contributed by atoms with Crippen LogP contribution in [0.5, 0.6) is 0 Å². The molecule has 0 bridgehead atoms. The van der Waals surface area contributed by atoms with Crippen LogP contribution in [-0.2, 0) is 16.0 Å². The number of ketones is 1. The van der Waals surface area contributed by atoms with E-state index in [1.54, 1.807) is 60.7 Å². The second-order valence-corrected chi connectivity index (χ2v) is 7.09. The fourth-order valence-corrected chi connectivity index (χ4v) is 3.09. The van der Waals surface area contributed by atoms with E-state index in [-0.39, 0.29) is 12.2 Å². The van der Waals surface area contributed by atoms with Gasteiger partial charge in [-0.15, -0.1) is 0 Å². The predicted molar refractivity (Wildman–Crippen MR) is 115 cm³/mol. The number of ether oxygens (including phenoxy) is 1. The van der Waals surface area contributed by atoms with E-state index in [2.05, 4.69) is 5.32 Å². The molecule has 0 radical (unpaired) electrons. The van der Waals surface area contributed by atoms with Gasteiger partial charge in [0.1, 0.15) is 6.04 Å². The van der Waals surface area contributed by atoms with Crippen LogP contribution in [0.1, 0.15) is 31.8 Å². The van der Waals surface area contributed by atoms with Crippen molar-refractivity contribution in [3.63, 3.8) is 0 Å². The van der Waals surface area contributed by atoms with Crippen molar-refractivity contribution in [2.75, 3.05) is 7.11 Å². The smallest absolute Gasteiger partial charge is 0.328 e. The zero-order valence-corrected chi connectivity index (χ0v) is 17.1. The SMILES string of the molecule is COC(=O)[C@H](Cc1ccc(C(=O)c2ccccc2)cc1)NC(=O)c1ccc(Cl)cc1. The molecule has 0 unspecified atom stereocenters. The molecule has 0 aliphatic rings. The largest absolute Gasteiger partial charge is 0.467 e. The fourth-order valence-electron chi connectivity index (χ4n) is 2.96. The molecule has 0 heterocycles. The van der Waals surface area contributed by atoms with Crippen molar-refractivity contribution < 1.29 is 19.1 Å². The second-order valence-electron chi connectivity index (χ2n) is 6.65. The minimum atomic E-state index is -0.867. The highest BCUT2D eigenvalue weighted by Crippen LogP contribution is 2.14. The second kappa shape index (κ2) is 9.85. The molecule has 0 fully saturated rings. The van der Waals surface area contributed by atoms with Crippen LogP contribution in [0.25, 0.3) is 0 Å². The Morgan fingerprint density at radius 2 is 1.40 bits per heavy atom. The number of benzene rings is 3. The Labute approximate surface area is 179 Å². The van der Waals surface area contributed by atoms with Crippen molar-refractivity contribution in [3.8, 4) is 0 Å². The van der Waals surface area contributed by atoms with E-state index in [1.165, 1.54) is 7.11 Å². The number of esters is 1. The highest BCUT2D eigenvalue weighted by molar-refractivity contribution is 6.30. The summed E-state index contributed by atoms with van der Waals surface area (Å²) >= 11 is 5.85. The third-order valence-electron chi connectivity index (χ3n) is 4.59. The molecule has 1 atom stereocenters. The molecule has 3 rings (SSSR count). The lowest BCUT2D eigenvalue weighted by Gasteiger charge is -2.17. The lowest BCUT2D eigenvalue weighted by Crippen LogP contribution is -2.43. The summed E-state index contributed by atoms with van der Waals surface area (Å²) in [4.78, 5) is 37.2. The normalized spacial score (nSPS) is 11.4. The Kier molecular flexibility index (Phi) is 6.99. The minimum absolute atomic E-state index is 0.0808. The third-order valence-corrected chi connectivity index (χ3v) is 4.84. The Morgan fingerprint density at radius 3 is 2.00 bits per heavy atom. The van der Waals surface area contributed by atoms with Gasteiger partial charge in [-0.2, -0.15) is 0 Å². The van der Waals surface area contributed by atoms with Crippen molar-refractivity contribution in [2.24, 2.45) is 0 Å². The van der Waals surface area contributed by atoms with Gasteiger partial charge in [-0.25, -0.2) is 4.79 Å². The molecule has 152 valence electrons. The average Bonchev–Trinajstić information content (AvgIpc) is 2.79. The quantitative estimate of drug-likeness (QED) is 0.460. The van der Waals surface area contributed by atoms with Crippen LogP contribution in [0.2, 0.25) is 5.02 Å². The summed E-state index contributed by atoms with van der Waals surface area (Å²) in [7, 11) is 1.27. The van der Waals surface area contributed by atoms with Crippen molar-refractivity contribution in [1.29, 1.82) is 0 Å². The Balaban J connectivity index is 1.72. The van der Waals surface area contributed by atoms with Crippen molar-refractivity contribution in [3.05, 3.63) is 106 Å². The molecule has 0 saturated carbocycles. The number of methoxy groups -OCH3 is 1. The van der Waals surface area contributed by atoms with E-state index in [1.807, 2.05) is 18.2 Å². The topological polar surface area (TPSA) is 72.5 Å². The summed E-state index contributed by atoms with van der Waals surface area (Å²) in [5.41, 5.74) is 2.32. The highest BCUT2D eigenvalue weighted by Gasteiger charge is 2.23. The molecule has 3 aromatic rings. The molecule has 6 heteroatoms.